The van der Waals surface area contributed by atoms with Crippen LogP contribution in [0.1, 0.15) is 86.9 Å². The molecule has 32 heavy (non-hydrogen) atoms. The number of ether oxygens (including phenoxy) is 2. The largest absolute Gasteiger partial charge is 1.00 e. The Hall–Kier alpha value is 0.0600. The molecule has 3 unspecified atom stereocenters. The zero-order valence-corrected chi connectivity index (χ0v) is 24.3. The number of carbonyl (C=O) groups excluding carboxylic acids is 2. The van der Waals surface area contributed by atoms with Crippen molar-refractivity contribution < 1.29 is 63.0 Å². The van der Waals surface area contributed by atoms with E-state index in [0.29, 0.717) is 0 Å². The Bertz CT molecular complexity index is 575. The summed E-state index contributed by atoms with van der Waals surface area (Å²) >= 11 is 0. The molecule has 0 aromatic heterocycles. The van der Waals surface area contributed by atoms with Gasteiger partial charge in [-0.1, -0.05) is 66.2 Å². The fraction of sp³-hybridized carbons (Fsp3) is 0.900. The number of carbonyl (C=O) groups is 2. The number of unbranched alkanes of at least 4 members (excludes halogenated alkanes) is 2. The van der Waals surface area contributed by atoms with Crippen molar-refractivity contribution in [3.8, 4) is 0 Å². The predicted molar refractivity (Wildman–Crippen MR) is 127 cm³/mol. The summed E-state index contributed by atoms with van der Waals surface area (Å²) in [5, 5.41) is -1.95. The van der Waals surface area contributed by atoms with Gasteiger partial charge in [-0.25, -0.2) is 0 Å². The molecule has 0 aromatic rings. The van der Waals surface area contributed by atoms with E-state index in [2.05, 4.69) is 13.8 Å². The number of esters is 2. The molecule has 9 nitrogen and oxygen atoms in total. The van der Waals surface area contributed by atoms with E-state index in [0.717, 1.165) is 51.4 Å². The van der Waals surface area contributed by atoms with Crippen LogP contribution in [-0.2, 0) is 29.2 Å². The van der Waals surface area contributed by atoms with Gasteiger partial charge in [-0.05, 0) is 24.7 Å². The Morgan fingerprint density at radius 1 is 0.875 bits per heavy atom. The van der Waals surface area contributed by atoms with Crippen LogP contribution in [-0.4, -0.2) is 43.4 Å². The third-order valence-electron chi connectivity index (χ3n) is 5.00. The summed E-state index contributed by atoms with van der Waals surface area (Å²) in [6, 6.07) is 0. The maximum Gasteiger partial charge on any atom is 1.00 e. The van der Waals surface area contributed by atoms with Crippen LogP contribution in [0.15, 0.2) is 0 Å². The molecule has 3 atom stereocenters. The van der Waals surface area contributed by atoms with E-state index in [1.807, 2.05) is 13.8 Å². The van der Waals surface area contributed by atoms with Gasteiger partial charge in [0.2, 0.25) is 0 Å². The Kier molecular flexibility index (Phi) is 31.9. The van der Waals surface area contributed by atoms with E-state index in [1.54, 1.807) is 0 Å². The first kappa shape index (κ1) is 42.2. The predicted octanol–water partition coefficient (Wildman–Crippen LogP) is 2.01. The van der Waals surface area contributed by atoms with Gasteiger partial charge in [-0.3, -0.25) is 14.1 Å². The van der Waals surface area contributed by atoms with Crippen LogP contribution < -0.4 is 41.9 Å². The van der Waals surface area contributed by atoms with Gasteiger partial charge in [0.1, 0.15) is 0 Å². The molecule has 0 fully saturated rings. The van der Waals surface area contributed by atoms with Crippen molar-refractivity contribution >= 4 is 34.5 Å². The van der Waals surface area contributed by atoms with Crippen LogP contribution in [0, 0.1) is 11.8 Å². The Morgan fingerprint density at radius 2 is 1.28 bits per heavy atom. The minimum Gasteiger partial charge on any atom is -1.00 e. The summed E-state index contributed by atoms with van der Waals surface area (Å²) in [5.41, 5.74) is 0. The molecule has 0 bridgehead atoms. The molecule has 192 valence electrons. The summed E-state index contributed by atoms with van der Waals surface area (Å²) < 4.78 is 42.8. The molecule has 0 aromatic carbocycles. The molecule has 0 amide bonds. The van der Waals surface area contributed by atoms with Crippen molar-refractivity contribution in [3.05, 3.63) is 0 Å². The zero-order chi connectivity index (χ0) is 21.6. The zero-order valence-electron chi connectivity index (χ0n) is 21.6. The molecule has 12 heteroatoms. The van der Waals surface area contributed by atoms with Crippen molar-refractivity contribution in [2.24, 2.45) is 11.8 Å². The molecule has 0 heterocycles. The number of hydrogen-bond acceptors (Lipinski definition) is 8. The second-order valence-corrected chi connectivity index (χ2v) is 8.95. The van der Waals surface area contributed by atoms with Crippen molar-refractivity contribution in [1.29, 1.82) is 0 Å². The smallest absolute Gasteiger partial charge is 1.00 e. The maximum absolute atomic E-state index is 12.2. The van der Waals surface area contributed by atoms with E-state index in [1.165, 1.54) is 0 Å². The Labute approximate surface area is 224 Å². The Balaban J connectivity index is -0.000000364. The molecule has 0 saturated carbocycles. The van der Waals surface area contributed by atoms with Gasteiger partial charge in [0.15, 0.2) is 5.25 Å². The normalized spacial score (nSPS) is 13.0. The van der Waals surface area contributed by atoms with Gasteiger partial charge in [-0.15, -0.1) is 12.4 Å². The average molecular weight is 517 g/mol. The van der Waals surface area contributed by atoms with E-state index in [-0.39, 0.29) is 80.7 Å². The quantitative estimate of drug-likeness (QED) is 0.157. The fourth-order valence-electron chi connectivity index (χ4n) is 2.82. The van der Waals surface area contributed by atoms with E-state index in [9.17, 15) is 22.6 Å². The van der Waals surface area contributed by atoms with Crippen LogP contribution in [0.25, 0.3) is 0 Å². The average Bonchev–Trinajstić information content (AvgIpc) is 2.65. The first-order valence-electron chi connectivity index (χ1n) is 10.5. The fourth-order valence-corrected chi connectivity index (χ4v) is 3.48. The van der Waals surface area contributed by atoms with Crippen molar-refractivity contribution in [2.45, 2.75) is 90.7 Å². The van der Waals surface area contributed by atoms with Crippen LogP contribution in [0.5, 0.6) is 0 Å². The molecule has 7 N–H and O–H groups in total. The molecule has 0 aliphatic carbocycles. The number of rotatable bonds is 16. The van der Waals surface area contributed by atoms with Gasteiger partial charge in [0.05, 0.1) is 19.6 Å². The topological polar surface area (TPSA) is 177 Å². The second-order valence-electron chi connectivity index (χ2n) is 7.35. The van der Waals surface area contributed by atoms with Gasteiger partial charge in [0, 0.05) is 0 Å². The summed E-state index contributed by atoms with van der Waals surface area (Å²) in [5.74, 6) is -1.61. The summed E-state index contributed by atoms with van der Waals surface area (Å²) in [6.07, 6.45) is 6.74. The first-order chi connectivity index (χ1) is 13.2. The van der Waals surface area contributed by atoms with Crippen LogP contribution in [0.4, 0.5) is 0 Å². The van der Waals surface area contributed by atoms with Gasteiger partial charge in [0.25, 0.3) is 10.1 Å². The van der Waals surface area contributed by atoms with Gasteiger partial charge in [-0.2, -0.15) is 8.42 Å². The summed E-state index contributed by atoms with van der Waals surface area (Å²) in [4.78, 5) is 24.2. The molecule has 0 aliphatic heterocycles. The van der Waals surface area contributed by atoms with E-state index >= 15 is 0 Å². The van der Waals surface area contributed by atoms with E-state index < -0.39 is 33.7 Å². The van der Waals surface area contributed by atoms with Crippen molar-refractivity contribution in [1.82, 2.24) is 12.3 Å². The first-order valence-corrected chi connectivity index (χ1v) is 12.0. The van der Waals surface area contributed by atoms with E-state index in [4.69, 9.17) is 9.47 Å². The minimum atomic E-state index is -4.76. The Morgan fingerprint density at radius 3 is 1.62 bits per heavy atom. The monoisotopic (exact) mass is 516 g/mol. The maximum atomic E-state index is 12.2. The molecular formula is C20H46ClN2NaO7S. The molecule has 0 rings (SSSR count). The van der Waals surface area contributed by atoms with Crippen LogP contribution in [0.3, 0.4) is 0 Å². The number of hydrogen-bond donors (Lipinski definition) is 3. The molecule has 0 spiro atoms. The van der Waals surface area contributed by atoms with Gasteiger partial charge < -0.3 is 23.2 Å². The third-order valence-corrected chi connectivity index (χ3v) is 6.08. The minimum absolute atomic E-state index is 0. The van der Waals surface area contributed by atoms with Crippen LogP contribution in [0.2, 0.25) is 0 Å². The third kappa shape index (κ3) is 19.5. The molecule has 0 radical (unpaired) electrons. The standard InChI is InChI=1S/C20H38O7S.ClH.2H3N.Na.H/c1-5-9-11-16(7-3)14-26-19(21)13-18(28(23,24)25)20(22)27-15-17(8-4)12-10-6-2;;;;;/h16-18H,5-15H2,1-4H3,(H,23,24,25);1H;2*1H3;;/q;;;;+1;-1. The van der Waals surface area contributed by atoms with Crippen molar-refractivity contribution in [3.63, 3.8) is 0 Å². The molecule has 0 aliphatic rings. The molecule has 0 saturated heterocycles. The second kappa shape index (κ2) is 24.2. The summed E-state index contributed by atoms with van der Waals surface area (Å²) in [6.45, 7) is 8.35. The van der Waals surface area contributed by atoms with Gasteiger partial charge >= 0.3 is 41.5 Å². The molecular weight excluding hydrogens is 471 g/mol. The summed E-state index contributed by atoms with van der Waals surface area (Å²) in [7, 11) is -4.76. The van der Waals surface area contributed by atoms with Crippen molar-refractivity contribution in [2.75, 3.05) is 13.2 Å². The SMILES string of the molecule is CCCCC(CC)COC(=O)CC(C(=O)OCC(CC)CCCC)S(=O)(=O)O.Cl.N.N.[H-].[Na+]. The van der Waals surface area contributed by atoms with Crippen LogP contribution >= 0.6 is 12.4 Å². The number of halogens is 1.